The highest BCUT2D eigenvalue weighted by molar-refractivity contribution is 7.89. The zero-order valence-corrected chi connectivity index (χ0v) is 20.1. The van der Waals surface area contributed by atoms with Crippen LogP contribution >= 0.6 is 11.6 Å². The summed E-state index contributed by atoms with van der Waals surface area (Å²) in [6, 6.07) is 10.4. The van der Waals surface area contributed by atoms with Crippen LogP contribution in [0.1, 0.15) is 6.92 Å². The zero-order chi connectivity index (χ0) is 23.7. The second kappa shape index (κ2) is 9.30. The molecule has 4 heterocycles. The van der Waals surface area contributed by atoms with Gasteiger partial charge in [-0.2, -0.15) is 4.31 Å². The molecular weight excluding hydrogens is 474 g/mol. The third-order valence-electron chi connectivity index (χ3n) is 5.84. The highest BCUT2D eigenvalue weighted by atomic mass is 35.5. The van der Waals surface area contributed by atoms with Gasteiger partial charge in [-0.05, 0) is 43.3 Å². The molecule has 1 aliphatic rings. The van der Waals surface area contributed by atoms with E-state index in [4.69, 9.17) is 11.6 Å². The number of nitrogens with one attached hydrogen (secondary N) is 2. The molecule has 0 bridgehead atoms. The lowest BCUT2D eigenvalue weighted by Crippen LogP contribution is -2.46. The van der Waals surface area contributed by atoms with E-state index in [0.717, 1.165) is 28.7 Å². The Hall–Kier alpha value is -3.05. The second-order valence-corrected chi connectivity index (χ2v) is 10.2. The van der Waals surface area contributed by atoms with Crippen molar-refractivity contribution in [1.29, 1.82) is 0 Å². The lowest BCUT2D eigenvalue weighted by atomic mass is 10.1. The van der Waals surface area contributed by atoms with Gasteiger partial charge in [0, 0.05) is 68.0 Å². The van der Waals surface area contributed by atoms with Gasteiger partial charge in [-0.1, -0.05) is 11.6 Å². The number of hydrogen-bond acceptors (Lipinski definition) is 7. The van der Waals surface area contributed by atoms with Crippen molar-refractivity contribution in [2.45, 2.75) is 18.4 Å². The topological polar surface area (TPSA) is 105 Å². The molecule has 1 saturated heterocycles. The summed E-state index contributed by atoms with van der Waals surface area (Å²) in [7, 11) is -3.50. The number of hydrogen-bond donors (Lipinski definition) is 2. The first-order valence-electron chi connectivity index (χ1n) is 11.0. The summed E-state index contributed by atoms with van der Waals surface area (Å²) < 4.78 is 29.3. The molecule has 0 unspecified atom stereocenters. The molecule has 0 amide bonds. The Labute approximate surface area is 202 Å². The molecule has 1 aliphatic heterocycles. The maximum atomic E-state index is 12.9. The van der Waals surface area contributed by atoms with Gasteiger partial charge < -0.3 is 15.2 Å². The quantitative estimate of drug-likeness (QED) is 0.393. The molecule has 0 atom stereocenters. The van der Waals surface area contributed by atoms with Crippen molar-refractivity contribution >= 4 is 44.2 Å². The summed E-state index contributed by atoms with van der Waals surface area (Å²) in [6.45, 7) is 5.06. The van der Waals surface area contributed by atoms with Gasteiger partial charge in [-0.3, -0.25) is 0 Å². The minimum Gasteiger partial charge on any atom is -0.345 e. The van der Waals surface area contributed by atoms with Crippen LogP contribution in [0, 0.1) is 0 Å². The Kier molecular flexibility index (Phi) is 6.22. The van der Waals surface area contributed by atoms with Gasteiger partial charge in [0.1, 0.15) is 0 Å². The zero-order valence-electron chi connectivity index (χ0n) is 18.6. The van der Waals surface area contributed by atoms with Crippen LogP contribution in [0.3, 0.4) is 0 Å². The first-order valence-corrected chi connectivity index (χ1v) is 12.8. The molecule has 5 rings (SSSR count). The van der Waals surface area contributed by atoms with Crippen LogP contribution in [-0.4, -0.2) is 58.4 Å². The first kappa shape index (κ1) is 22.7. The monoisotopic (exact) mass is 497 g/mol. The number of anilines is 2. The Bertz CT molecular complexity index is 1430. The lowest BCUT2D eigenvalue weighted by Gasteiger charge is -2.26. The average Bonchev–Trinajstić information content (AvgIpc) is 3.25. The Balaban J connectivity index is 1.40. The minimum atomic E-state index is -3.50. The van der Waals surface area contributed by atoms with Crippen LogP contribution in [-0.2, 0) is 16.6 Å². The summed E-state index contributed by atoms with van der Waals surface area (Å²) in [5.41, 5.74) is 3.25. The average molecular weight is 498 g/mol. The number of piperazine rings is 1. The first-order chi connectivity index (χ1) is 16.5. The van der Waals surface area contributed by atoms with Gasteiger partial charge in [0.05, 0.1) is 16.1 Å². The van der Waals surface area contributed by atoms with E-state index in [2.05, 4.69) is 25.6 Å². The summed E-state index contributed by atoms with van der Waals surface area (Å²) >= 11 is 6.35. The maximum absolute atomic E-state index is 12.9. The van der Waals surface area contributed by atoms with Crippen molar-refractivity contribution in [2.24, 2.45) is 0 Å². The van der Waals surface area contributed by atoms with Gasteiger partial charge in [0.2, 0.25) is 16.0 Å². The van der Waals surface area contributed by atoms with Crippen molar-refractivity contribution in [2.75, 3.05) is 31.5 Å². The molecule has 11 heteroatoms. The van der Waals surface area contributed by atoms with Gasteiger partial charge in [-0.15, -0.1) is 0 Å². The summed E-state index contributed by atoms with van der Waals surface area (Å²) in [4.78, 5) is 13.5. The normalized spacial score (nSPS) is 15.0. The second-order valence-electron chi connectivity index (χ2n) is 7.90. The van der Waals surface area contributed by atoms with Crippen LogP contribution in [0.2, 0.25) is 5.15 Å². The van der Waals surface area contributed by atoms with E-state index in [9.17, 15) is 8.42 Å². The predicted molar refractivity (Wildman–Crippen MR) is 133 cm³/mol. The van der Waals surface area contributed by atoms with Crippen LogP contribution in [0.5, 0.6) is 0 Å². The van der Waals surface area contributed by atoms with Gasteiger partial charge >= 0.3 is 0 Å². The van der Waals surface area contributed by atoms with E-state index in [1.807, 2.05) is 29.8 Å². The Morgan fingerprint density at radius 1 is 1.06 bits per heavy atom. The molecule has 176 valence electrons. The van der Waals surface area contributed by atoms with Gasteiger partial charge in [0.15, 0.2) is 5.15 Å². The van der Waals surface area contributed by atoms with E-state index in [1.54, 1.807) is 36.7 Å². The van der Waals surface area contributed by atoms with Crippen LogP contribution in [0.4, 0.5) is 11.6 Å². The van der Waals surface area contributed by atoms with Crippen LogP contribution in [0.25, 0.3) is 22.2 Å². The molecule has 0 radical (unpaired) electrons. The number of aryl methyl sites for hydroxylation is 1. The highest BCUT2D eigenvalue weighted by Gasteiger charge is 2.25. The SMILES string of the molecule is CCn1cc(-c2ccnc(Nc3ccc(S(=O)(=O)N4CCNCC4)cc3)n2)c2ccnc(Cl)c21. The number of pyridine rings is 1. The molecule has 0 saturated carbocycles. The van der Waals surface area contributed by atoms with Crippen molar-refractivity contribution in [3.63, 3.8) is 0 Å². The third-order valence-corrected chi connectivity index (χ3v) is 8.03. The van der Waals surface area contributed by atoms with E-state index in [0.29, 0.717) is 43.0 Å². The number of halogens is 1. The van der Waals surface area contributed by atoms with Gasteiger partial charge in [0.25, 0.3) is 0 Å². The fraction of sp³-hybridized carbons (Fsp3) is 0.261. The van der Waals surface area contributed by atoms with E-state index < -0.39 is 10.0 Å². The molecule has 4 aromatic rings. The number of sulfonamides is 1. The number of rotatable bonds is 6. The Morgan fingerprint density at radius 3 is 2.53 bits per heavy atom. The minimum absolute atomic E-state index is 0.271. The van der Waals surface area contributed by atoms with E-state index in [1.165, 1.54) is 4.31 Å². The van der Waals surface area contributed by atoms with Crippen molar-refractivity contribution in [3.8, 4) is 11.3 Å². The number of benzene rings is 1. The van der Waals surface area contributed by atoms with E-state index >= 15 is 0 Å². The molecule has 1 fully saturated rings. The lowest BCUT2D eigenvalue weighted by molar-refractivity contribution is 0.360. The number of fused-ring (bicyclic) bond motifs is 1. The summed E-state index contributed by atoms with van der Waals surface area (Å²) in [5, 5.41) is 7.75. The largest absolute Gasteiger partial charge is 0.345 e. The van der Waals surface area contributed by atoms with Crippen LogP contribution < -0.4 is 10.6 Å². The van der Waals surface area contributed by atoms with Crippen molar-refractivity contribution in [1.82, 2.24) is 29.1 Å². The smallest absolute Gasteiger partial charge is 0.243 e. The van der Waals surface area contributed by atoms with Gasteiger partial charge in [-0.25, -0.2) is 23.4 Å². The molecule has 2 N–H and O–H groups in total. The fourth-order valence-electron chi connectivity index (χ4n) is 4.10. The standard InChI is InChI=1S/C23H24ClN7O2S/c1-2-30-15-19(18-7-9-26-22(24)21(18)30)20-8-10-27-23(29-20)28-16-3-5-17(6-4-16)34(32,33)31-13-11-25-12-14-31/h3-10,15,25H,2,11-14H2,1H3,(H,27,28,29). The summed E-state index contributed by atoms with van der Waals surface area (Å²) in [5.74, 6) is 0.410. The molecule has 34 heavy (non-hydrogen) atoms. The molecule has 1 aromatic carbocycles. The van der Waals surface area contributed by atoms with Crippen molar-refractivity contribution < 1.29 is 8.42 Å². The van der Waals surface area contributed by atoms with E-state index in [-0.39, 0.29) is 4.90 Å². The molecule has 0 spiro atoms. The molecule has 3 aromatic heterocycles. The number of nitrogens with zero attached hydrogens (tertiary/aromatic N) is 5. The van der Waals surface area contributed by atoms with Crippen molar-refractivity contribution in [3.05, 3.63) is 60.1 Å². The Morgan fingerprint density at radius 2 is 1.79 bits per heavy atom. The molecule has 0 aliphatic carbocycles. The third kappa shape index (κ3) is 4.25. The van der Waals surface area contributed by atoms with Crippen LogP contribution in [0.15, 0.2) is 59.9 Å². The highest BCUT2D eigenvalue weighted by Crippen LogP contribution is 2.33. The maximum Gasteiger partial charge on any atom is 0.243 e. The molecular formula is C23H24ClN7O2S. The fourth-order valence-corrected chi connectivity index (χ4v) is 5.81. The molecule has 9 nitrogen and oxygen atoms in total. The number of aromatic nitrogens is 4. The summed E-state index contributed by atoms with van der Waals surface area (Å²) in [6.07, 6.45) is 5.39. The predicted octanol–water partition coefficient (Wildman–Crippen LogP) is 3.50.